The molecule has 0 saturated carbocycles. The second-order valence-corrected chi connectivity index (χ2v) is 2.79. The third-order valence-electron chi connectivity index (χ3n) is 1.46. The van der Waals surface area contributed by atoms with E-state index in [1.807, 2.05) is 20.8 Å². The van der Waals surface area contributed by atoms with Crippen LogP contribution in [0.4, 0.5) is 0 Å². The van der Waals surface area contributed by atoms with Crippen LogP contribution in [0.2, 0.25) is 0 Å². The summed E-state index contributed by atoms with van der Waals surface area (Å²) in [5.74, 6) is 0.102. The molecule has 0 N–H and O–H groups in total. The fraction of sp³-hybridized carbons (Fsp3) is 0.444. The van der Waals surface area contributed by atoms with Gasteiger partial charge in [0.15, 0.2) is 5.78 Å². The van der Waals surface area contributed by atoms with Gasteiger partial charge >= 0.3 is 0 Å². The number of rotatable bonds is 3. The van der Waals surface area contributed by atoms with E-state index in [0.29, 0.717) is 0 Å². The minimum Gasteiger partial charge on any atom is -0.294 e. The van der Waals surface area contributed by atoms with E-state index in [1.165, 1.54) is 0 Å². The Labute approximate surface area is 62.4 Å². The lowest BCUT2D eigenvalue weighted by atomic mass is 9.88. The number of allylic oxidation sites excluding steroid dienone is 3. The van der Waals surface area contributed by atoms with E-state index < -0.39 is 5.41 Å². The van der Waals surface area contributed by atoms with Crippen LogP contribution >= 0.6 is 0 Å². The molecular formula is C9H14O. The minimum absolute atomic E-state index is 0.102. The van der Waals surface area contributed by atoms with Gasteiger partial charge in [-0.2, -0.15) is 0 Å². The molecule has 0 aromatic heterocycles. The molecule has 0 unspecified atom stereocenters. The Morgan fingerprint density at radius 1 is 1.50 bits per heavy atom. The second-order valence-electron chi connectivity index (χ2n) is 2.79. The van der Waals surface area contributed by atoms with Crippen molar-refractivity contribution in [2.24, 2.45) is 5.41 Å². The molecule has 0 aromatic rings. The highest BCUT2D eigenvalue weighted by Crippen LogP contribution is 2.17. The van der Waals surface area contributed by atoms with Crippen molar-refractivity contribution in [2.75, 3.05) is 0 Å². The first-order valence-corrected chi connectivity index (χ1v) is 3.35. The first-order chi connectivity index (χ1) is 4.54. The van der Waals surface area contributed by atoms with Gasteiger partial charge in [0.1, 0.15) is 0 Å². The van der Waals surface area contributed by atoms with Crippen molar-refractivity contribution >= 4 is 5.78 Å². The van der Waals surface area contributed by atoms with Crippen molar-refractivity contribution in [3.63, 3.8) is 0 Å². The maximum absolute atomic E-state index is 11.1. The molecule has 0 saturated heterocycles. The van der Waals surface area contributed by atoms with Crippen LogP contribution in [0.25, 0.3) is 0 Å². The van der Waals surface area contributed by atoms with Crippen molar-refractivity contribution < 1.29 is 4.79 Å². The van der Waals surface area contributed by atoms with E-state index in [4.69, 9.17) is 0 Å². The number of carbonyl (C=O) groups is 1. The highest BCUT2D eigenvalue weighted by molar-refractivity contribution is 5.95. The van der Waals surface area contributed by atoms with E-state index >= 15 is 0 Å². The van der Waals surface area contributed by atoms with E-state index in [1.54, 1.807) is 18.2 Å². The molecule has 0 aliphatic rings. The van der Waals surface area contributed by atoms with Crippen molar-refractivity contribution in [3.8, 4) is 0 Å². The molecule has 0 radical (unpaired) electrons. The van der Waals surface area contributed by atoms with Gasteiger partial charge in [-0.15, -0.1) is 6.58 Å². The van der Waals surface area contributed by atoms with E-state index in [9.17, 15) is 4.79 Å². The number of carbonyl (C=O) groups excluding carboxylic acids is 1. The van der Waals surface area contributed by atoms with Crippen LogP contribution in [0.15, 0.2) is 24.8 Å². The molecule has 1 nitrogen and oxygen atoms in total. The zero-order valence-corrected chi connectivity index (χ0v) is 6.85. The summed E-state index contributed by atoms with van der Waals surface area (Å²) >= 11 is 0. The molecule has 0 fully saturated rings. The van der Waals surface area contributed by atoms with Gasteiger partial charge in [0, 0.05) is 5.41 Å². The minimum atomic E-state index is -0.410. The molecule has 10 heavy (non-hydrogen) atoms. The summed E-state index contributed by atoms with van der Waals surface area (Å²) in [5.41, 5.74) is -0.410. The van der Waals surface area contributed by atoms with Crippen molar-refractivity contribution in [3.05, 3.63) is 24.8 Å². The van der Waals surface area contributed by atoms with Crippen LogP contribution in [-0.4, -0.2) is 5.78 Å². The first-order valence-electron chi connectivity index (χ1n) is 3.35. The van der Waals surface area contributed by atoms with E-state index in [2.05, 4.69) is 6.58 Å². The fourth-order valence-electron chi connectivity index (χ4n) is 0.467. The SMILES string of the molecule is C=CC(C)(C)C(=O)/C=C/C. The van der Waals surface area contributed by atoms with Gasteiger partial charge in [0.05, 0.1) is 0 Å². The lowest BCUT2D eigenvalue weighted by Crippen LogP contribution is -2.18. The molecule has 0 heterocycles. The van der Waals surface area contributed by atoms with Gasteiger partial charge in [-0.1, -0.05) is 12.2 Å². The third kappa shape index (κ3) is 2.18. The second kappa shape index (κ2) is 3.35. The molecule has 0 aliphatic carbocycles. The number of ketones is 1. The summed E-state index contributed by atoms with van der Waals surface area (Å²) < 4.78 is 0. The van der Waals surface area contributed by atoms with Gasteiger partial charge in [-0.25, -0.2) is 0 Å². The van der Waals surface area contributed by atoms with Gasteiger partial charge in [0.2, 0.25) is 0 Å². The third-order valence-corrected chi connectivity index (χ3v) is 1.46. The summed E-state index contributed by atoms with van der Waals surface area (Å²) in [6.07, 6.45) is 4.98. The Kier molecular flexibility index (Phi) is 3.07. The van der Waals surface area contributed by atoms with Crippen molar-refractivity contribution in [1.82, 2.24) is 0 Å². The number of hydrogen-bond donors (Lipinski definition) is 0. The summed E-state index contributed by atoms with van der Waals surface area (Å²) in [6, 6.07) is 0. The topological polar surface area (TPSA) is 17.1 Å². The normalized spacial score (nSPS) is 11.9. The van der Waals surface area contributed by atoms with Crippen LogP contribution in [0.3, 0.4) is 0 Å². The van der Waals surface area contributed by atoms with E-state index in [0.717, 1.165) is 0 Å². The largest absolute Gasteiger partial charge is 0.294 e. The first kappa shape index (κ1) is 9.15. The molecule has 0 aromatic carbocycles. The highest BCUT2D eigenvalue weighted by Gasteiger charge is 2.19. The average Bonchev–Trinajstić information content (AvgIpc) is 1.89. The Hall–Kier alpha value is -0.850. The van der Waals surface area contributed by atoms with Crippen LogP contribution in [0, 0.1) is 5.41 Å². The molecule has 0 spiro atoms. The molecule has 0 rings (SSSR count). The molecule has 56 valence electrons. The Morgan fingerprint density at radius 3 is 2.30 bits per heavy atom. The summed E-state index contributed by atoms with van der Waals surface area (Å²) in [4.78, 5) is 11.1. The standard InChI is InChI=1S/C9H14O/c1-5-7-8(10)9(3,4)6-2/h5-7H,2H2,1,3-4H3/b7-5+. The highest BCUT2D eigenvalue weighted by atomic mass is 16.1. The van der Waals surface area contributed by atoms with Crippen LogP contribution < -0.4 is 0 Å². The lowest BCUT2D eigenvalue weighted by Gasteiger charge is -2.14. The molecule has 0 bridgehead atoms. The summed E-state index contributed by atoms with van der Waals surface area (Å²) in [5, 5.41) is 0. The summed E-state index contributed by atoms with van der Waals surface area (Å²) in [6.45, 7) is 9.11. The Morgan fingerprint density at radius 2 is 2.00 bits per heavy atom. The zero-order valence-electron chi connectivity index (χ0n) is 6.85. The smallest absolute Gasteiger partial charge is 0.164 e. The monoisotopic (exact) mass is 138 g/mol. The Balaban J connectivity index is 4.33. The number of hydrogen-bond acceptors (Lipinski definition) is 1. The van der Waals surface area contributed by atoms with Crippen molar-refractivity contribution in [2.45, 2.75) is 20.8 Å². The molecular weight excluding hydrogens is 124 g/mol. The van der Waals surface area contributed by atoms with Crippen molar-refractivity contribution in [1.29, 1.82) is 0 Å². The molecule has 0 aliphatic heterocycles. The predicted molar refractivity (Wildman–Crippen MR) is 43.8 cm³/mol. The van der Waals surface area contributed by atoms with Gasteiger partial charge < -0.3 is 0 Å². The molecule has 0 atom stereocenters. The average molecular weight is 138 g/mol. The van der Waals surface area contributed by atoms with Crippen LogP contribution in [0.1, 0.15) is 20.8 Å². The van der Waals surface area contributed by atoms with E-state index in [-0.39, 0.29) is 5.78 Å². The predicted octanol–water partition coefficient (Wildman–Crippen LogP) is 2.34. The molecule has 1 heteroatoms. The van der Waals surface area contributed by atoms with Gasteiger partial charge in [-0.3, -0.25) is 4.79 Å². The lowest BCUT2D eigenvalue weighted by molar-refractivity contribution is -0.120. The maximum atomic E-state index is 11.1. The molecule has 0 amide bonds. The summed E-state index contributed by atoms with van der Waals surface area (Å²) in [7, 11) is 0. The zero-order chi connectivity index (χ0) is 8.20. The van der Waals surface area contributed by atoms with Crippen LogP contribution in [0.5, 0.6) is 0 Å². The van der Waals surface area contributed by atoms with Crippen LogP contribution in [-0.2, 0) is 4.79 Å². The fourth-order valence-corrected chi connectivity index (χ4v) is 0.467. The quantitative estimate of drug-likeness (QED) is 0.432. The Bertz CT molecular complexity index is 164. The maximum Gasteiger partial charge on any atom is 0.164 e. The van der Waals surface area contributed by atoms with Gasteiger partial charge in [-0.05, 0) is 26.8 Å². The van der Waals surface area contributed by atoms with Gasteiger partial charge in [0.25, 0.3) is 0 Å².